The molecule has 0 saturated carbocycles. The summed E-state index contributed by atoms with van der Waals surface area (Å²) in [6.07, 6.45) is 7.67. The number of nitrogens with one attached hydrogen (secondary N) is 2. The number of quaternary nitrogens is 2. The maximum atomic E-state index is 13.1. The van der Waals surface area contributed by atoms with Crippen molar-refractivity contribution in [3.05, 3.63) is 96.1 Å². The summed E-state index contributed by atoms with van der Waals surface area (Å²) in [4.78, 5) is 54.4. The van der Waals surface area contributed by atoms with Gasteiger partial charge in [-0.25, -0.2) is 9.59 Å². The van der Waals surface area contributed by atoms with Crippen LogP contribution in [-0.4, -0.2) is 79.4 Å². The van der Waals surface area contributed by atoms with Crippen LogP contribution in [0.5, 0.6) is 0 Å². The molecule has 12 nitrogen and oxygen atoms in total. The van der Waals surface area contributed by atoms with Gasteiger partial charge in [0.1, 0.15) is 12.0 Å². The van der Waals surface area contributed by atoms with Crippen LogP contribution in [0.4, 0.5) is 0 Å². The van der Waals surface area contributed by atoms with Crippen molar-refractivity contribution in [1.29, 1.82) is 0 Å². The molecule has 4 N–H and O–H groups in total. The number of rotatable bonds is 11. The van der Waals surface area contributed by atoms with E-state index in [2.05, 4.69) is 42.5 Å². The standard InChI is InChI=1S/C27H36N2O2.2C4H4O4/c1-2-31-26(30)27(24-14-8-4-9-15-24)16-20-28(21-17-27)22-25(23-12-6-3-7-13-23)29-18-10-5-11-19-29;2*5-3(6)1-2-4(7)8/h3-4,6-9,12-15,25H,2,5,10-11,16-22H2,1H3;2*1-2H,(H,5,6)(H,7,8)/b;2*2-1-. The first kappa shape index (κ1) is 38.4. The monoisotopic (exact) mass is 652 g/mol. The van der Waals surface area contributed by atoms with E-state index >= 15 is 0 Å². The van der Waals surface area contributed by atoms with Gasteiger partial charge in [0.15, 0.2) is 6.04 Å². The summed E-state index contributed by atoms with van der Waals surface area (Å²) in [7, 11) is 0. The van der Waals surface area contributed by atoms with E-state index in [1.54, 1.807) is 9.80 Å². The van der Waals surface area contributed by atoms with Gasteiger partial charge < -0.3 is 44.6 Å². The first-order valence-corrected chi connectivity index (χ1v) is 15.7. The van der Waals surface area contributed by atoms with E-state index < -0.39 is 29.3 Å². The maximum Gasteiger partial charge on any atom is 0.328 e. The quantitative estimate of drug-likeness (QED) is 0.168. The molecule has 1 unspecified atom stereocenters. The van der Waals surface area contributed by atoms with Crippen molar-refractivity contribution in [2.75, 3.05) is 39.3 Å². The molecule has 2 aromatic rings. The summed E-state index contributed by atoms with van der Waals surface area (Å²) < 4.78 is 5.57. The Balaban J connectivity index is 0.000000397. The van der Waals surface area contributed by atoms with Gasteiger partial charge in [-0.2, -0.15) is 0 Å². The number of carboxylic acid groups (broad SMARTS) is 4. The zero-order valence-corrected chi connectivity index (χ0v) is 26.6. The number of carboxylic acids is 4. The zero-order valence-electron chi connectivity index (χ0n) is 26.6. The molecule has 2 fully saturated rings. The number of likely N-dealkylation sites (tertiary alicyclic amines) is 2. The van der Waals surface area contributed by atoms with Crippen molar-refractivity contribution in [2.24, 2.45) is 0 Å². The van der Waals surface area contributed by atoms with Gasteiger partial charge in [0.05, 0.1) is 44.7 Å². The molecule has 47 heavy (non-hydrogen) atoms. The topological polar surface area (TPSA) is 190 Å². The second-order valence-electron chi connectivity index (χ2n) is 11.3. The Labute approximate surface area is 274 Å². The molecule has 2 aliphatic rings. The van der Waals surface area contributed by atoms with Gasteiger partial charge in [0, 0.05) is 30.6 Å². The van der Waals surface area contributed by atoms with Crippen molar-refractivity contribution in [3.63, 3.8) is 0 Å². The third-order valence-corrected chi connectivity index (χ3v) is 8.21. The molecular formula is C35H44N2O10. The lowest BCUT2D eigenvalue weighted by atomic mass is 9.72. The Morgan fingerprint density at radius 3 is 1.68 bits per heavy atom. The lowest BCUT2D eigenvalue weighted by molar-refractivity contribution is -0.986. The molecule has 254 valence electrons. The van der Waals surface area contributed by atoms with Crippen molar-refractivity contribution in [1.82, 2.24) is 0 Å². The van der Waals surface area contributed by atoms with Crippen molar-refractivity contribution in [3.8, 4) is 0 Å². The van der Waals surface area contributed by atoms with Crippen LogP contribution >= 0.6 is 0 Å². The van der Waals surface area contributed by atoms with Crippen molar-refractivity contribution < 1.29 is 58.9 Å². The van der Waals surface area contributed by atoms with E-state index in [0.717, 1.165) is 38.0 Å². The number of hydrogen-bond acceptors (Lipinski definition) is 8. The van der Waals surface area contributed by atoms with Gasteiger partial charge in [0.25, 0.3) is 0 Å². The molecular weight excluding hydrogens is 608 g/mol. The summed E-state index contributed by atoms with van der Waals surface area (Å²) in [5.74, 6) is -5.65. The molecule has 0 amide bonds. The minimum absolute atomic E-state index is 0.0403. The highest BCUT2D eigenvalue weighted by molar-refractivity contribution is 5.89. The van der Waals surface area contributed by atoms with E-state index in [1.807, 2.05) is 25.1 Å². The largest absolute Gasteiger partial charge is 0.545 e. The van der Waals surface area contributed by atoms with Crippen LogP contribution in [0.2, 0.25) is 0 Å². The Morgan fingerprint density at radius 1 is 0.766 bits per heavy atom. The predicted octanol–water partition coefficient (Wildman–Crippen LogP) is -1.27. The van der Waals surface area contributed by atoms with Crippen LogP contribution in [0.1, 0.15) is 56.2 Å². The lowest BCUT2D eigenvalue weighted by Crippen LogP contribution is -3.21. The number of carbonyl (C=O) groups is 5. The molecule has 4 rings (SSSR count). The fraction of sp³-hybridized carbons (Fsp3) is 0.400. The first-order valence-electron chi connectivity index (χ1n) is 15.7. The number of esters is 1. The Bertz CT molecular complexity index is 1280. The van der Waals surface area contributed by atoms with Crippen LogP contribution in [-0.2, 0) is 34.1 Å². The summed E-state index contributed by atoms with van der Waals surface area (Å²) in [5, 5.41) is 34.5. The summed E-state index contributed by atoms with van der Waals surface area (Å²) in [5.41, 5.74) is 2.10. The van der Waals surface area contributed by atoms with Crippen LogP contribution in [0.3, 0.4) is 0 Å². The van der Waals surface area contributed by atoms with Crippen molar-refractivity contribution in [2.45, 2.75) is 50.5 Å². The van der Waals surface area contributed by atoms with Gasteiger partial charge in [0.2, 0.25) is 0 Å². The first-order chi connectivity index (χ1) is 22.5. The maximum absolute atomic E-state index is 13.1. The van der Waals surface area contributed by atoms with Crippen LogP contribution in [0, 0.1) is 0 Å². The third-order valence-electron chi connectivity index (χ3n) is 8.21. The van der Waals surface area contributed by atoms with E-state index in [4.69, 9.17) is 14.9 Å². The SMILES string of the molecule is CCOC(=O)C1(c2ccccc2)CC[NH+](CC(c2ccccc2)[NH+]2CCCCC2)CC1.O=C([O-])/C=C\C(=O)O.O=C([O-])/C=C\C(=O)O. The molecule has 0 aliphatic carbocycles. The van der Waals surface area contributed by atoms with Gasteiger partial charge in [-0.05, 0) is 43.9 Å². The highest BCUT2D eigenvalue weighted by Gasteiger charge is 2.46. The molecule has 2 aromatic carbocycles. The molecule has 2 aliphatic heterocycles. The smallest absolute Gasteiger partial charge is 0.328 e. The second kappa shape index (κ2) is 20.3. The van der Waals surface area contributed by atoms with Gasteiger partial charge in [-0.15, -0.1) is 0 Å². The summed E-state index contributed by atoms with van der Waals surface area (Å²) >= 11 is 0. The van der Waals surface area contributed by atoms with Gasteiger partial charge >= 0.3 is 17.9 Å². The molecule has 0 aromatic heterocycles. The fourth-order valence-electron chi connectivity index (χ4n) is 5.98. The number of ether oxygens (including phenoxy) is 1. The minimum Gasteiger partial charge on any atom is -0.545 e. The average Bonchev–Trinajstić information content (AvgIpc) is 3.07. The number of benzene rings is 2. The lowest BCUT2D eigenvalue weighted by Gasteiger charge is -2.40. The Kier molecular flexibility index (Phi) is 16.6. The van der Waals surface area contributed by atoms with Gasteiger partial charge in [-0.3, -0.25) is 4.79 Å². The van der Waals surface area contributed by atoms with E-state index in [0.29, 0.717) is 37.0 Å². The van der Waals surface area contributed by atoms with E-state index in [9.17, 15) is 34.2 Å². The number of hydrogen-bond donors (Lipinski definition) is 4. The van der Waals surface area contributed by atoms with Gasteiger partial charge in [-0.1, -0.05) is 60.7 Å². The number of aliphatic carboxylic acids is 4. The molecule has 0 radical (unpaired) electrons. The zero-order chi connectivity index (χ0) is 34.7. The summed E-state index contributed by atoms with van der Waals surface area (Å²) in [6, 6.07) is 22.0. The second-order valence-corrected chi connectivity index (χ2v) is 11.3. The molecule has 2 heterocycles. The molecule has 0 spiro atoms. The molecule has 2 saturated heterocycles. The average molecular weight is 653 g/mol. The van der Waals surface area contributed by atoms with E-state index in [1.165, 1.54) is 37.9 Å². The molecule has 1 atom stereocenters. The number of piperidine rings is 2. The van der Waals surface area contributed by atoms with Crippen LogP contribution in [0.25, 0.3) is 0 Å². The van der Waals surface area contributed by atoms with E-state index in [-0.39, 0.29) is 5.97 Å². The highest BCUT2D eigenvalue weighted by atomic mass is 16.5. The molecule has 12 heteroatoms. The fourth-order valence-corrected chi connectivity index (χ4v) is 5.98. The highest BCUT2D eigenvalue weighted by Crippen LogP contribution is 2.34. The Hall–Kier alpha value is -4.81. The van der Waals surface area contributed by atoms with Crippen molar-refractivity contribution >= 4 is 29.8 Å². The third kappa shape index (κ3) is 13.6. The number of carbonyl (C=O) groups excluding carboxylic acids is 3. The predicted molar refractivity (Wildman–Crippen MR) is 167 cm³/mol. The normalized spacial score (nSPS) is 20.1. The molecule has 0 bridgehead atoms. The summed E-state index contributed by atoms with van der Waals surface area (Å²) in [6.45, 7) is 8.09. The van der Waals surface area contributed by atoms with Crippen LogP contribution < -0.4 is 20.0 Å². The minimum atomic E-state index is -1.51. The Morgan fingerprint density at radius 2 is 1.26 bits per heavy atom. The van der Waals surface area contributed by atoms with Crippen LogP contribution in [0.15, 0.2) is 85.0 Å².